The van der Waals surface area contributed by atoms with E-state index in [2.05, 4.69) is 0 Å². The average Bonchev–Trinajstić information content (AvgIpc) is 2.28. The fourth-order valence-electron chi connectivity index (χ4n) is 1.68. The molecule has 0 saturated heterocycles. The van der Waals surface area contributed by atoms with Gasteiger partial charge in [-0.3, -0.25) is 9.59 Å². The molecule has 0 amide bonds. The summed E-state index contributed by atoms with van der Waals surface area (Å²) in [5, 5.41) is 19.3. The molecule has 0 aliphatic heterocycles. The Hall–Kier alpha value is -1.10. The van der Waals surface area contributed by atoms with Gasteiger partial charge < -0.3 is 14.9 Å². The molecule has 0 bridgehead atoms. The molecular formula is C12H22O5. The van der Waals surface area contributed by atoms with Gasteiger partial charge in [-0.15, -0.1) is 0 Å². The number of rotatable bonds is 7. The van der Waals surface area contributed by atoms with Crippen molar-refractivity contribution in [1.29, 1.82) is 0 Å². The highest BCUT2D eigenvalue weighted by Crippen LogP contribution is 2.34. The molecule has 0 rings (SSSR count). The van der Waals surface area contributed by atoms with Crippen LogP contribution in [0.2, 0.25) is 0 Å². The monoisotopic (exact) mass is 246 g/mol. The fourth-order valence-corrected chi connectivity index (χ4v) is 1.68. The summed E-state index contributed by atoms with van der Waals surface area (Å²) in [6.07, 6.45) is 0.652. The van der Waals surface area contributed by atoms with Gasteiger partial charge in [0, 0.05) is 6.42 Å². The quantitative estimate of drug-likeness (QED) is 0.526. The predicted octanol–water partition coefficient (Wildman–Crippen LogP) is 1.58. The second kappa shape index (κ2) is 6.00. The van der Waals surface area contributed by atoms with Crippen LogP contribution in [0.4, 0.5) is 0 Å². The molecule has 0 aromatic carbocycles. The van der Waals surface area contributed by atoms with Gasteiger partial charge in [0.25, 0.3) is 0 Å². The number of carboxylic acid groups (broad SMARTS) is 1. The van der Waals surface area contributed by atoms with Crippen LogP contribution in [-0.4, -0.2) is 34.4 Å². The minimum absolute atomic E-state index is 0.123. The maximum atomic E-state index is 11.7. The van der Waals surface area contributed by atoms with E-state index in [-0.39, 0.29) is 13.0 Å². The van der Waals surface area contributed by atoms with Crippen LogP contribution in [0.3, 0.4) is 0 Å². The molecular weight excluding hydrogens is 224 g/mol. The molecule has 0 spiro atoms. The Morgan fingerprint density at radius 1 is 1.18 bits per heavy atom. The highest BCUT2D eigenvalue weighted by molar-refractivity contribution is 5.98. The zero-order chi connectivity index (χ0) is 13.7. The van der Waals surface area contributed by atoms with Crippen molar-refractivity contribution in [1.82, 2.24) is 0 Å². The summed E-state index contributed by atoms with van der Waals surface area (Å²) in [6, 6.07) is 0. The molecule has 0 aliphatic carbocycles. The number of ether oxygens (including phenoxy) is 1. The van der Waals surface area contributed by atoms with E-state index in [4.69, 9.17) is 4.74 Å². The second-order valence-electron chi connectivity index (χ2n) is 4.47. The number of esters is 1. The Bertz CT molecular complexity index is 283. The van der Waals surface area contributed by atoms with Crippen LogP contribution in [0.25, 0.3) is 0 Å². The van der Waals surface area contributed by atoms with E-state index in [0.717, 1.165) is 0 Å². The first-order valence-electron chi connectivity index (χ1n) is 5.88. The Morgan fingerprint density at radius 3 is 1.94 bits per heavy atom. The molecule has 17 heavy (non-hydrogen) atoms. The highest BCUT2D eigenvalue weighted by atomic mass is 16.5. The van der Waals surface area contributed by atoms with E-state index in [9.17, 15) is 19.8 Å². The number of carboxylic acids is 1. The summed E-state index contributed by atoms with van der Waals surface area (Å²) in [7, 11) is 0. The van der Waals surface area contributed by atoms with Crippen molar-refractivity contribution in [3.63, 3.8) is 0 Å². The molecule has 5 heteroatoms. The molecule has 0 aliphatic rings. The highest BCUT2D eigenvalue weighted by Gasteiger charge is 2.48. The lowest BCUT2D eigenvalue weighted by molar-refractivity contribution is -0.172. The standard InChI is InChI=1S/C12H22O5/c1-5-12(16,6-2)8-11(4,9(13)14)10(15)17-7-3/h16H,5-8H2,1-4H3,(H,13,14). The molecule has 1 unspecified atom stereocenters. The third-order valence-corrected chi connectivity index (χ3v) is 3.20. The van der Waals surface area contributed by atoms with Gasteiger partial charge in [0.1, 0.15) is 0 Å². The lowest BCUT2D eigenvalue weighted by Crippen LogP contribution is -2.45. The Balaban J connectivity index is 5.10. The van der Waals surface area contributed by atoms with Crippen LogP contribution in [0.5, 0.6) is 0 Å². The van der Waals surface area contributed by atoms with E-state index < -0.39 is 23.0 Å². The van der Waals surface area contributed by atoms with Gasteiger partial charge in [0.2, 0.25) is 0 Å². The summed E-state index contributed by atoms with van der Waals surface area (Å²) in [5.74, 6) is -2.07. The number of aliphatic carboxylic acids is 1. The molecule has 0 aromatic rings. The Kier molecular flexibility index (Phi) is 5.61. The van der Waals surface area contributed by atoms with Gasteiger partial charge in [-0.1, -0.05) is 13.8 Å². The summed E-state index contributed by atoms with van der Waals surface area (Å²) in [5.41, 5.74) is -2.85. The van der Waals surface area contributed by atoms with Crippen molar-refractivity contribution in [2.45, 2.75) is 52.6 Å². The van der Waals surface area contributed by atoms with E-state index >= 15 is 0 Å². The third kappa shape index (κ3) is 3.70. The number of hydrogen-bond acceptors (Lipinski definition) is 4. The average molecular weight is 246 g/mol. The van der Waals surface area contributed by atoms with Gasteiger partial charge >= 0.3 is 11.9 Å². The van der Waals surface area contributed by atoms with Crippen molar-refractivity contribution < 1.29 is 24.5 Å². The zero-order valence-corrected chi connectivity index (χ0v) is 10.9. The Labute approximate surface area is 102 Å². The molecule has 1 atom stereocenters. The smallest absolute Gasteiger partial charge is 0.323 e. The van der Waals surface area contributed by atoms with Gasteiger partial charge in [-0.05, 0) is 26.7 Å². The molecule has 0 saturated carbocycles. The number of carbonyl (C=O) groups is 2. The maximum Gasteiger partial charge on any atom is 0.323 e. The van der Waals surface area contributed by atoms with Crippen molar-refractivity contribution in [2.24, 2.45) is 5.41 Å². The van der Waals surface area contributed by atoms with Crippen molar-refractivity contribution >= 4 is 11.9 Å². The molecule has 0 heterocycles. The fraction of sp³-hybridized carbons (Fsp3) is 0.833. The molecule has 0 radical (unpaired) electrons. The molecule has 100 valence electrons. The van der Waals surface area contributed by atoms with Crippen LogP contribution in [0, 0.1) is 5.41 Å². The van der Waals surface area contributed by atoms with Crippen LogP contribution in [0.1, 0.15) is 47.0 Å². The van der Waals surface area contributed by atoms with E-state index in [0.29, 0.717) is 12.8 Å². The van der Waals surface area contributed by atoms with Crippen molar-refractivity contribution in [3.05, 3.63) is 0 Å². The van der Waals surface area contributed by atoms with Gasteiger partial charge in [-0.2, -0.15) is 0 Å². The minimum atomic E-state index is -1.70. The summed E-state index contributed by atoms with van der Waals surface area (Å²) < 4.78 is 4.77. The normalized spacial score (nSPS) is 15.1. The van der Waals surface area contributed by atoms with Gasteiger partial charge in [-0.25, -0.2) is 0 Å². The van der Waals surface area contributed by atoms with Crippen LogP contribution in [0.15, 0.2) is 0 Å². The summed E-state index contributed by atoms with van der Waals surface area (Å²) >= 11 is 0. The first kappa shape index (κ1) is 15.9. The number of aliphatic hydroxyl groups is 1. The van der Waals surface area contributed by atoms with Crippen LogP contribution >= 0.6 is 0 Å². The van der Waals surface area contributed by atoms with E-state index in [1.54, 1.807) is 20.8 Å². The largest absolute Gasteiger partial charge is 0.480 e. The number of carbonyl (C=O) groups excluding carboxylic acids is 1. The maximum absolute atomic E-state index is 11.7. The first-order chi connectivity index (χ1) is 7.75. The van der Waals surface area contributed by atoms with Crippen molar-refractivity contribution in [3.8, 4) is 0 Å². The lowest BCUT2D eigenvalue weighted by Gasteiger charge is -2.33. The topological polar surface area (TPSA) is 83.8 Å². The Morgan fingerprint density at radius 2 is 1.65 bits per heavy atom. The second-order valence-corrected chi connectivity index (χ2v) is 4.47. The predicted molar refractivity (Wildman–Crippen MR) is 62.5 cm³/mol. The van der Waals surface area contributed by atoms with Gasteiger partial charge in [0.15, 0.2) is 5.41 Å². The third-order valence-electron chi connectivity index (χ3n) is 3.20. The molecule has 0 aromatic heterocycles. The first-order valence-corrected chi connectivity index (χ1v) is 5.88. The van der Waals surface area contributed by atoms with E-state index in [1.165, 1.54) is 6.92 Å². The van der Waals surface area contributed by atoms with Crippen LogP contribution < -0.4 is 0 Å². The SMILES string of the molecule is CCOC(=O)C(C)(CC(O)(CC)CC)C(=O)O. The van der Waals surface area contributed by atoms with Crippen LogP contribution in [-0.2, 0) is 14.3 Å². The summed E-state index contributed by atoms with van der Waals surface area (Å²) in [4.78, 5) is 22.9. The van der Waals surface area contributed by atoms with E-state index in [1.807, 2.05) is 0 Å². The zero-order valence-electron chi connectivity index (χ0n) is 10.9. The summed E-state index contributed by atoms with van der Waals surface area (Å²) in [6.45, 7) is 6.56. The number of hydrogen-bond donors (Lipinski definition) is 2. The minimum Gasteiger partial charge on any atom is -0.480 e. The molecule has 2 N–H and O–H groups in total. The van der Waals surface area contributed by atoms with Gasteiger partial charge in [0.05, 0.1) is 12.2 Å². The lowest BCUT2D eigenvalue weighted by atomic mass is 9.76. The van der Waals surface area contributed by atoms with Crippen molar-refractivity contribution in [2.75, 3.05) is 6.61 Å². The molecule has 5 nitrogen and oxygen atoms in total. The molecule has 0 fully saturated rings.